The third kappa shape index (κ3) is 3.66. The average Bonchev–Trinajstić information content (AvgIpc) is 3.06. The molecule has 0 saturated heterocycles. The van der Waals surface area contributed by atoms with Crippen LogP contribution in [0.2, 0.25) is 0 Å². The fraction of sp³-hybridized carbons (Fsp3) is 0.174. The van der Waals surface area contributed by atoms with E-state index >= 15 is 0 Å². The van der Waals surface area contributed by atoms with E-state index in [9.17, 15) is 0 Å². The van der Waals surface area contributed by atoms with Crippen molar-refractivity contribution in [2.75, 3.05) is 0 Å². The smallest absolute Gasteiger partial charge is 0.0339 e. The number of rotatable bonds is 0. The molecule has 0 aliphatic heterocycles. The van der Waals surface area contributed by atoms with Crippen LogP contribution in [0.3, 0.4) is 0 Å². The first-order chi connectivity index (χ1) is 22.9. The van der Waals surface area contributed by atoms with Crippen molar-refractivity contribution >= 4 is 129 Å². The highest BCUT2D eigenvalue weighted by Gasteiger charge is 2.25. The highest BCUT2D eigenvalue weighted by molar-refractivity contribution is 9.11. The standard InChI is InChI=1S/C46H34Br2/c1-45(2,3)27-19-23-11-15-31-37-33(17-13-25(21-27)35(23)37)43(47)41-29-9-7-8-10-30(29)42-40(39(31)41)32-16-12-24-20-28(46(4,5)6)22-26-14-18-34(44(42)48)38(32)36(24)26/h7-22H,1-6H3. The summed E-state index contributed by atoms with van der Waals surface area (Å²) in [5.41, 5.74) is 2.89. The summed E-state index contributed by atoms with van der Waals surface area (Å²) in [5, 5.41) is 23.6. The maximum Gasteiger partial charge on any atom is 0.0339 e. The van der Waals surface area contributed by atoms with Crippen molar-refractivity contribution in [3.8, 4) is 0 Å². The van der Waals surface area contributed by atoms with Crippen molar-refractivity contribution in [3.63, 3.8) is 0 Å². The van der Waals surface area contributed by atoms with Gasteiger partial charge in [-0.15, -0.1) is 0 Å². The second-order valence-corrected chi connectivity index (χ2v) is 17.6. The second-order valence-electron chi connectivity index (χ2n) is 16.0. The monoisotopic (exact) mass is 744 g/mol. The minimum absolute atomic E-state index is 0.0739. The van der Waals surface area contributed by atoms with Crippen molar-refractivity contribution in [2.45, 2.75) is 52.4 Å². The van der Waals surface area contributed by atoms with Gasteiger partial charge in [0.25, 0.3) is 0 Å². The van der Waals surface area contributed by atoms with Crippen LogP contribution in [0.15, 0.2) is 106 Å². The molecule has 10 aromatic carbocycles. The van der Waals surface area contributed by atoms with E-state index in [1.165, 1.54) is 117 Å². The summed E-state index contributed by atoms with van der Waals surface area (Å²) in [7, 11) is 0. The summed E-state index contributed by atoms with van der Waals surface area (Å²) < 4.78 is 2.35. The zero-order valence-corrected chi connectivity index (χ0v) is 31.2. The van der Waals surface area contributed by atoms with Crippen LogP contribution in [0.4, 0.5) is 0 Å². The molecule has 0 spiro atoms. The van der Waals surface area contributed by atoms with Gasteiger partial charge in [0.05, 0.1) is 0 Å². The van der Waals surface area contributed by atoms with Gasteiger partial charge in [0.1, 0.15) is 0 Å². The molecule has 0 amide bonds. The fourth-order valence-electron chi connectivity index (χ4n) is 8.68. The molecule has 0 unspecified atom stereocenters. The Morgan fingerprint density at radius 1 is 0.333 bits per heavy atom. The molecule has 0 radical (unpaired) electrons. The fourth-order valence-corrected chi connectivity index (χ4v) is 10.2. The molecule has 2 heteroatoms. The summed E-state index contributed by atoms with van der Waals surface area (Å²) in [4.78, 5) is 0. The molecule has 0 aromatic heterocycles. The maximum absolute atomic E-state index is 4.24. The lowest BCUT2D eigenvalue weighted by atomic mass is 9.80. The van der Waals surface area contributed by atoms with Gasteiger partial charge in [-0.1, -0.05) is 139 Å². The SMILES string of the molecule is CC(C)(C)c1cc2ccc3c(Br)c4c5ccccc5c5c(Br)c6ccc7cc(C(C)(C)C)cc8ccc(c6c78)c5c4c4ccc(c1)c2c34. The highest BCUT2D eigenvalue weighted by atomic mass is 79.9. The van der Waals surface area contributed by atoms with Crippen molar-refractivity contribution in [1.82, 2.24) is 0 Å². The van der Waals surface area contributed by atoms with E-state index in [1.54, 1.807) is 0 Å². The molecule has 0 aliphatic carbocycles. The van der Waals surface area contributed by atoms with E-state index < -0.39 is 0 Å². The summed E-state index contributed by atoms with van der Waals surface area (Å²) >= 11 is 8.49. The Bertz CT molecular complexity index is 2780. The lowest BCUT2D eigenvalue weighted by molar-refractivity contribution is 0.591. The average molecular weight is 747 g/mol. The van der Waals surface area contributed by atoms with Gasteiger partial charge in [-0.3, -0.25) is 0 Å². The third-order valence-electron chi connectivity index (χ3n) is 11.1. The van der Waals surface area contributed by atoms with Crippen molar-refractivity contribution in [2.24, 2.45) is 0 Å². The Hall–Kier alpha value is -3.98. The minimum atomic E-state index is 0.0739. The van der Waals surface area contributed by atoms with Crippen LogP contribution >= 0.6 is 31.9 Å². The first-order valence-corrected chi connectivity index (χ1v) is 18.5. The van der Waals surface area contributed by atoms with E-state index in [0.717, 1.165) is 0 Å². The van der Waals surface area contributed by atoms with Crippen molar-refractivity contribution in [1.29, 1.82) is 0 Å². The van der Waals surface area contributed by atoms with Crippen LogP contribution < -0.4 is 0 Å². The van der Waals surface area contributed by atoms with Crippen LogP contribution in [0.1, 0.15) is 52.7 Å². The molecule has 0 aliphatic rings. The maximum atomic E-state index is 4.24. The Balaban J connectivity index is 1.51. The van der Waals surface area contributed by atoms with Gasteiger partial charge in [0.2, 0.25) is 0 Å². The molecule has 0 bridgehead atoms. The molecule has 0 heterocycles. The minimum Gasteiger partial charge on any atom is -0.0616 e. The molecular formula is C46H34Br2. The number of hydrogen-bond donors (Lipinski definition) is 0. The van der Waals surface area contributed by atoms with Gasteiger partial charge in [0.15, 0.2) is 0 Å². The lowest BCUT2D eigenvalue weighted by Gasteiger charge is -2.24. The molecular weight excluding hydrogens is 712 g/mol. The molecule has 232 valence electrons. The number of halogens is 2. The quantitative estimate of drug-likeness (QED) is 0.107. The zero-order chi connectivity index (χ0) is 33.0. The van der Waals surface area contributed by atoms with Gasteiger partial charge in [-0.05, 0) is 140 Å². The van der Waals surface area contributed by atoms with Crippen LogP contribution in [0.25, 0.3) is 97.0 Å². The van der Waals surface area contributed by atoms with E-state index in [2.05, 4.69) is 170 Å². The van der Waals surface area contributed by atoms with E-state index in [1.807, 2.05) is 0 Å². The molecule has 0 nitrogen and oxygen atoms in total. The van der Waals surface area contributed by atoms with Gasteiger partial charge in [-0.25, -0.2) is 0 Å². The lowest BCUT2D eigenvalue weighted by Crippen LogP contribution is -2.10. The molecule has 0 saturated carbocycles. The summed E-state index contributed by atoms with van der Waals surface area (Å²) in [6, 6.07) is 37.5. The van der Waals surface area contributed by atoms with Crippen LogP contribution in [0.5, 0.6) is 0 Å². The molecule has 10 aromatic rings. The molecule has 48 heavy (non-hydrogen) atoms. The highest BCUT2D eigenvalue weighted by Crippen LogP contribution is 2.53. The first kappa shape index (κ1) is 29.0. The summed E-state index contributed by atoms with van der Waals surface area (Å²) in [6.07, 6.45) is 0. The molecule has 0 N–H and O–H groups in total. The third-order valence-corrected chi connectivity index (χ3v) is 12.7. The van der Waals surface area contributed by atoms with Crippen LogP contribution in [0, 0.1) is 0 Å². The molecule has 0 fully saturated rings. The van der Waals surface area contributed by atoms with Crippen LogP contribution in [-0.4, -0.2) is 0 Å². The van der Waals surface area contributed by atoms with Gasteiger partial charge in [-0.2, -0.15) is 0 Å². The van der Waals surface area contributed by atoms with Crippen molar-refractivity contribution in [3.05, 3.63) is 117 Å². The molecule has 10 rings (SSSR count). The Labute approximate surface area is 296 Å². The Morgan fingerprint density at radius 2 is 0.667 bits per heavy atom. The second kappa shape index (κ2) is 9.37. The Kier molecular flexibility index (Phi) is 5.66. The van der Waals surface area contributed by atoms with Gasteiger partial charge < -0.3 is 0 Å². The number of benzene rings is 10. The number of fused-ring (bicyclic) bond motifs is 8. The number of hydrogen-bond acceptors (Lipinski definition) is 0. The molecule has 0 atom stereocenters. The van der Waals surface area contributed by atoms with E-state index in [-0.39, 0.29) is 10.8 Å². The predicted octanol–water partition coefficient (Wildman–Crippen LogP) is 15.1. The predicted molar refractivity (Wildman–Crippen MR) is 219 cm³/mol. The van der Waals surface area contributed by atoms with Crippen molar-refractivity contribution < 1.29 is 0 Å². The van der Waals surface area contributed by atoms with E-state index in [4.69, 9.17) is 0 Å². The summed E-state index contributed by atoms with van der Waals surface area (Å²) in [6.45, 7) is 13.8. The van der Waals surface area contributed by atoms with E-state index in [0.29, 0.717) is 0 Å². The topological polar surface area (TPSA) is 0 Å². The normalized spacial score (nSPS) is 13.4. The van der Waals surface area contributed by atoms with Gasteiger partial charge in [0, 0.05) is 19.7 Å². The largest absolute Gasteiger partial charge is 0.0616 e. The zero-order valence-electron chi connectivity index (χ0n) is 28.0. The Morgan fingerprint density at radius 3 is 1.00 bits per heavy atom. The van der Waals surface area contributed by atoms with Gasteiger partial charge >= 0.3 is 0 Å². The van der Waals surface area contributed by atoms with Crippen LogP contribution in [-0.2, 0) is 10.8 Å². The first-order valence-electron chi connectivity index (χ1n) is 16.9. The summed E-state index contributed by atoms with van der Waals surface area (Å²) in [5.74, 6) is 0.